The molecule has 3 rings (SSSR count). The molecule has 1 spiro atoms. The molecule has 0 aromatic carbocycles. The van der Waals surface area contributed by atoms with E-state index in [-0.39, 0.29) is 24.4 Å². The number of hydrogen-bond acceptors (Lipinski definition) is 3. The first-order chi connectivity index (χ1) is 10.1. The Balaban J connectivity index is 1.87. The van der Waals surface area contributed by atoms with Gasteiger partial charge in [0.2, 0.25) is 11.8 Å². The number of pyridine rings is 1. The second-order valence-corrected chi connectivity index (χ2v) is 6.05. The van der Waals surface area contributed by atoms with Gasteiger partial charge in [-0.05, 0) is 31.9 Å². The highest BCUT2D eigenvalue weighted by Crippen LogP contribution is 2.34. The zero-order chi connectivity index (χ0) is 14.9. The van der Waals surface area contributed by atoms with Gasteiger partial charge in [0, 0.05) is 6.20 Å². The van der Waals surface area contributed by atoms with E-state index in [2.05, 4.69) is 10.3 Å². The first-order valence-electron chi connectivity index (χ1n) is 7.65. The Morgan fingerprint density at radius 1 is 1.24 bits per heavy atom. The summed E-state index contributed by atoms with van der Waals surface area (Å²) in [5.74, 6) is -0.000709. The van der Waals surface area contributed by atoms with Crippen molar-refractivity contribution in [3.05, 3.63) is 30.1 Å². The third-order valence-corrected chi connectivity index (χ3v) is 4.65. The molecule has 2 fully saturated rings. The summed E-state index contributed by atoms with van der Waals surface area (Å²) in [5, 5.41) is 2.97. The van der Waals surface area contributed by atoms with Crippen LogP contribution in [0, 0.1) is 0 Å². The van der Waals surface area contributed by atoms with Gasteiger partial charge in [-0.15, -0.1) is 0 Å². The van der Waals surface area contributed by atoms with Gasteiger partial charge in [0.05, 0.1) is 11.7 Å². The number of piperazine rings is 1. The molecule has 1 aromatic heterocycles. The number of amides is 2. The Morgan fingerprint density at radius 3 is 2.67 bits per heavy atom. The lowest BCUT2D eigenvalue weighted by molar-refractivity contribution is -0.154. The number of carbonyl (C=O) groups is 2. The summed E-state index contributed by atoms with van der Waals surface area (Å²) in [6.45, 7) is 2.06. The minimum atomic E-state index is -0.670. The summed E-state index contributed by atoms with van der Waals surface area (Å²) in [6, 6.07) is 5.48. The lowest BCUT2D eigenvalue weighted by Crippen LogP contribution is -2.67. The van der Waals surface area contributed by atoms with Crippen molar-refractivity contribution in [2.24, 2.45) is 0 Å². The Hall–Kier alpha value is -1.91. The van der Waals surface area contributed by atoms with Crippen molar-refractivity contribution in [2.75, 3.05) is 6.54 Å². The van der Waals surface area contributed by atoms with Crippen LogP contribution in [0.25, 0.3) is 0 Å². The van der Waals surface area contributed by atoms with Gasteiger partial charge < -0.3 is 10.2 Å². The number of rotatable bonds is 2. The molecule has 21 heavy (non-hydrogen) atoms. The van der Waals surface area contributed by atoms with Gasteiger partial charge in [-0.3, -0.25) is 14.6 Å². The van der Waals surface area contributed by atoms with Gasteiger partial charge in [0.25, 0.3) is 0 Å². The molecular formula is C16H21N3O2. The van der Waals surface area contributed by atoms with Gasteiger partial charge in [0.15, 0.2) is 0 Å². The number of nitrogens with zero attached hydrogens (tertiary/aromatic N) is 2. The number of nitrogens with one attached hydrogen (secondary N) is 1. The molecule has 1 unspecified atom stereocenters. The topological polar surface area (TPSA) is 62.3 Å². The van der Waals surface area contributed by atoms with Crippen molar-refractivity contribution in [3.63, 3.8) is 0 Å². The van der Waals surface area contributed by atoms with E-state index in [1.165, 1.54) is 0 Å². The third-order valence-electron chi connectivity index (χ3n) is 4.65. The first kappa shape index (κ1) is 14.0. The summed E-state index contributed by atoms with van der Waals surface area (Å²) in [5.41, 5.74) is 0.155. The van der Waals surface area contributed by atoms with Crippen LogP contribution >= 0.6 is 0 Å². The average molecular weight is 287 g/mol. The van der Waals surface area contributed by atoms with E-state index < -0.39 is 5.54 Å². The quantitative estimate of drug-likeness (QED) is 0.902. The summed E-state index contributed by atoms with van der Waals surface area (Å²) >= 11 is 0. The molecule has 1 aliphatic carbocycles. The molecule has 5 nitrogen and oxygen atoms in total. The molecule has 2 heterocycles. The van der Waals surface area contributed by atoms with Crippen molar-refractivity contribution in [1.29, 1.82) is 0 Å². The SMILES string of the molecule is CC(c1ccccn1)N1CC(=O)NC2(CCCCC2)C1=O. The predicted molar refractivity (Wildman–Crippen MR) is 78.3 cm³/mol. The number of carbonyl (C=O) groups excluding carboxylic acids is 2. The molecule has 0 bridgehead atoms. The van der Waals surface area contributed by atoms with Crippen LogP contribution in [0.4, 0.5) is 0 Å². The van der Waals surface area contributed by atoms with Gasteiger partial charge in [-0.25, -0.2) is 0 Å². The molecule has 5 heteroatoms. The van der Waals surface area contributed by atoms with E-state index in [4.69, 9.17) is 0 Å². The van der Waals surface area contributed by atoms with E-state index >= 15 is 0 Å². The van der Waals surface area contributed by atoms with Crippen LogP contribution in [0.3, 0.4) is 0 Å². The minimum absolute atomic E-state index is 0.0555. The van der Waals surface area contributed by atoms with Crippen LogP contribution in [0.5, 0.6) is 0 Å². The standard InChI is InChI=1S/C16H21N3O2/c1-12(13-7-3-6-10-17-13)19-11-14(20)18-16(15(19)21)8-4-2-5-9-16/h3,6-7,10,12H,2,4-5,8-9,11H2,1H3,(H,18,20). The van der Waals surface area contributed by atoms with Crippen molar-refractivity contribution < 1.29 is 9.59 Å². The van der Waals surface area contributed by atoms with Crippen LogP contribution in [-0.2, 0) is 9.59 Å². The van der Waals surface area contributed by atoms with E-state index in [1.807, 2.05) is 25.1 Å². The number of aromatic nitrogens is 1. The lowest BCUT2D eigenvalue weighted by Gasteiger charge is -2.45. The highest BCUT2D eigenvalue weighted by atomic mass is 16.2. The highest BCUT2D eigenvalue weighted by molar-refractivity contribution is 5.98. The van der Waals surface area contributed by atoms with Crippen LogP contribution in [0.15, 0.2) is 24.4 Å². The van der Waals surface area contributed by atoms with E-state index in [0.29, 0.717) is 0 Å². The van der Waals surface area contributed by atoms with Crippen LogP contribution in [0.1, 0.15) is 50.8 Å². The molecule has 1 aromatic rings. The van der Waals surface area contributed by atoms with Crippen molar-refractivity contribution >= 4 is 11.8 Å². The monoisotopic (exact) mass is 287 g/mol. The fraction of sp³-hybridized carbons (Fsp3) is 0.562. The normalized spacial score (nSPS) is 23.0. The van der Waals surface area contributed by atoms with Gasteiger partial charge in [0.1, 0.15) is 12.1 Å². The Morgan fingerprint density at radius 2 is 2.00 bits per heavy atom. The molecule has 112 valence electrons. The summed E-state index contributed by atoms with van der Waals surface area (Å²) < 4.78 is 0. The molecule has 1 saturated carbocycles. The molecule has 1 saturated heterocycles. The zero-order valence-electron chi connectivity index (χ0n) is 12.3. The second-order valence-electron chi connectivity index (χ2n) is 6.05. The van der Waals surface area contributed by atoms with Crippen LogP contribution < -0.4 is 5.32 Å². The fourth-order valence-electron chi connectivity index (χ4n) is 3.45. The molecule has 1 aliphatic heterocycles. The zero-order valence-corrected chi connectivity index (χ0v) is 12.3. The van der Waals surface area contributed by atoms with Gasteiger partial charge in [-0.2, -0.15) is 0 Å². The van der Waals surface area contributed by atoms with E-state index in [0.717, 1.165) is 37.8 Å². The summed E-state index contributed by atoms with van der Waals surface area (Å²) in [7, 11) is 0. The molecular weight excluding hydrogens is 266 g/mol. The third kappa shape index (κ3) is 2.52. The van der Waals surface area contributed by atoms with Gasteiger partial charge in [-0.1, -0.05) is 25.3 Å². The van der Waals surface area contributed by atoms with Crippen LogP contribution in [-0.4, -0.2) is 33.8 Å². The first-order valence-corrected chi connectivity index (χ1v) is 7.65. The highest BCUT2D eigenvalue weighted by Gasteiger charge is 2.48. The Kier molecular flexibility index (Phi) is 3.66. The molecule has 2 amide bonds. The van der Waals surface area contributed by atoms with E-state index in [1.54, 1.807) is 11.1 Å². The molecule has 1 N–H and O–H groups in total. The summed E-state index contributed by atoms with van der Waals surface area (Å²) in [4.78, 5) is 31.1. The maximum absolute atomic E-state index is 12.9. The predicted octanol–water partition coefficient (Wildman–Crippen LogP) is 1.80. The smallest absolute Gasteiger partial charge is 0.249 e. The maximum atomic E-state index is 12.9. The Bertz CT molecular complexity index is 538. The summed E-state index contributed by atoms with van der Waals surface area (Å²) in [6.07, 6.45) is 6.36. The maximum Gasteiger partial charge on any atom is 0.249 e. The molecule has 2 aliphatic rings. The largest absolute Gasteiger partial charge is 0.340 e. The second kappa shape index (κ2) is 5.47. The lowest BCUT2D eigenvalue weighted by atomic mass is 9.79. The minimum Gasteiger partial charge on any atom is -0.340 e. The molecule has 1 atom stereocenters. The average Bonchev–Trinajstić information content (AvgIpc) is 2.52. The van der Waals surface area contributed by atoms with Crippen molar-refractivity contribution in [3.8, 4) is 0 Å². The fourth-order valence-corrected chi connectivity index (χ4v) is 3.45. The van der Waals surface area contributed by atoms with Crippen LogP contribution in [0.2, 0.25) is 0 Å². The Labute approximate surface area is 124 Å². The molecule has 0 radical (unpaired) electrons. The van der Waals surface area contributed by atoms with E-state index in [9.17, 15) is 9.59 Å². The van der Waals surface area contributed by atoms with Crippen molar-refractivity contribution in [2.45, 2.75) is 50.6 Å². The van der Waals surface area contributed by atoms with Gasteiger partial charge >= 0.3 is 0 Å². The van der Waals surface area contributed by atoms with Crippen molar-refractivity contribution in [1.82, 2.24) is 15.2 Å². The number of hydrogen-bond donors (Lipinski definition) is 1.